The Morgan fingerprint density at radius 1 is 1.06 bits per heavy atom. The Morgan fingerprint density at radius 3 is 2.53 bits per heavy atom. The van der Waals surface area contributed by atoms with Crippen LogP contribution in [0.3, 0.4) is 0 Å². The second-order valence-corrected chi connectivity index (χ2v) is 7.12. The van der Waals surface area contributed by atoms with E-state index in [1.54, 1.807) is 12.4 Å². The maximum absolute atomic E-state index is 12.6. The van der Waals surface area contributed by atoms with E-state index in [4.69, 9.17) is 19.4 Å². The first-order valence-electron chi connectivity index (χ1n) is 9.79. The molecule has 0 fully saturated rings. The number of carbonyl (C=O) groups is 2. The smallest absolute Gasteiger partial charge is 0.475 e. The maximum Gasteiger partial charge on any atom is 0.490 e. The van der Waals surface area contributed by atoms with E-state index in [1.807, 2.05) is 42.6 Å². The van der Waals surface area contributed by atoms with Crippen LogP contribution >= 0.6 is 0 Å². The molecule has 0 saturated carbocycles. The van der Waals surface area contributed by atoms with Crippen molar-refractivity contribution in [3.05, 3.63) is 66.1 Å². The van der Waals surface area contributed by atoms with Crippen molar-refractivity contribution in [2.24, 2.45) is 0 Å². The molecule has 0 spiro atoms. The van der Waals surface area contributed by atoms with Crippen LogP contribution in [0.15, 0.2) is 55.0 Å². The predicted octanol–water partition coefficient (Wildman–Crippen LogP) is 3.85. The number of nitrogens with one attached hydrogen (secondary N) is 3. The van der Waals surface area contributed by atoms with Crippen LogP contribution < -0.4 is 14.8 Å². The van der Waals surface area contributed by atoms with Gasteiger partial charge in [0.1, 0.15) is 0 Å². The Morgan fingerprint density at radius 2 is 1.82 bits per heavy atom. The largest absolute Gasteiger partial charge is 0.490 e. The number of rotatable bonds is 4. The van der Waals surface area contributed by atoms with Gasteiger partial charge in [0, 0.05) is 35.4 Å². The van der Waals surface area contributed by atoms with E-state index in [0.29, 0.717) is 17.9 Å². The molecular weight excluding hydrogens is 457 g/mol. The normalized spacial score (nSPS) is 12.2. The van der Waals surface area contributed by atoms with Crippen LogP contribution in [0.5, 0.6) is 11.5 Å². The monoisotopic (exact) mass is 474 g/mol. The number of nitrogens with zero attached hydrogens (tertiary/aromatic N) is 1. The van der Waals surface area contributed by atoms with E-state index in [2.05, 4.69) is 20.5 Å². The van der Waals surface area contributed by atoms with Crippen molar-refractivity contribution in [2.75, 3.05) is 6.79 Å². The fraction of sp³-hybridized carbons (Fsp3) is 0.136. The topological polar surface area (TPSA) is 129 Å². The summed E-state index contributed by atoms with van der Waals surface area (Å²) in [5.41, 5.74) is 4.51. The molecule has 9 nitrogen and oxygen atoms in total. The number of hydrogen-bond donors (Lipinski definition) is 4. The summed E-state index contributed by atoms with van der Waals surface area (Å²) < 4.78 is 42.4. The van der Waals surface area contributed by atoms with Crippen LogP contribution in [0.2, 0.25) is 0 Å². The van der Waals surface area contributed by atoms with Gasteiger partial charge in [-0.15, -0.1) is 0 Å². The molecule has 4 N–H and O–H groups in total. The molecule has 4 aromatic rings. The number of aromatic nitrogens is 3. The van der Waals surface area contributed by atoms with Gasteiger partial charge in [-0.2, -0.15) is 18.3 Å². The quantitative estimate of drug-likeness (QED) is 0.356. The zero-order chi connectivity index (χ0) is 24.3. The zero-order valence-electron chi connectivity index (χ0n) is 17.3. The number of H-pyrrole nitrogens is 2. The Hall–Kier alpha value is -4.48. The van der Waals surface area contributed by atoms with E-state index in [1.165, 1.54) is 0 Å². The van der Waals surface area contributed by atoms with E-state index in [-0.39, 0.29) is 12.7 Å². The lowest BCUT2D eigenvalue weighted by atomic mass is 10.1. The van der Waals surface area contributed by atoms with Gasteiger partial charge in [-0.1, -0.05) is 18.2 Å². The number of amides is 1. The lowest BCUT2D eigenvalue weighted by Gasteiger charge is -2.06. The first kappa shape index (κ1) is 22.7. The molecule has 34 heavy (non-hydrogen) atoms. The summed E-state index contributed by atoms with van der Waals surface area (Å²) >= 11 is 0. The Kier molecular flexibility index (Phi) is 6.13. The third kappa shape index (κ3) is 4.95. The van der Waals surface area contributed by atoms with E-state index in [0.717, 1.165) is 33.3 Å². The first-order valence-corrected chi connectivity index (χ1v) is 9.79. The van der Waals surface area contributed by atoms with Crippen LogP contribution in [0, 0.1) is 0 Å². The number of carboxylic acids is 1. The fourth-order valence-electron chi connectivity index (χ4n) is 3.23. The second-order valence-electron chi connectivity index (χ2n) is 7.12. The van der Waals surface area contributed by atoms with Crippen LogP contribution in [-0.2, 0) is 11.3 Å². The van der Waals surface area contributed by atoms with E-state index < -0.39 is 12.1 Å². The van der Waals surface area contributed by atoms with Gasteiger partial charge in [0.15, 0.2) is 11.5 Å². The van der Waals surface area contributed by atoms with Gasteiger partial charge in [0.05, 0.1) is 11.8 Å². The summed E-state index contributed by atoms with van der Waals surface area (Å²) in [6.07, 6.45) is 0.255. The van der Waals surface area contributed by atoms with Crippen molar-refractivity contribution in [3.63, 3.8) is 0 Å². The van der Waals surface area contributed by atoms with Crippen molar-refractivity contribution in [1.29, 1.82) is 0 Å². The number of aromatic amines is 2. The molecule has 12 heteroatoms. The summed E-state index contributed by atoms with van der Waals surface area (Å²) in [5.74, 6) is -1.45. The number of carbonyl (C=O) groups excluding carboxylic acids is 1. The molecule has 176 valence electrons. The molecule has 0 atom stereocenters. The van der Waals surface area contributed by atoms with Crippen LogP contribution in [0.1, 0.15) is 15.9 Å². The number of benzene rings is 2. The number of fused-ring (bicyclic) bond motifs is 2. The number of hydrogen-bond acceptors (Lipinski definition) is 5. The molecule has 1 aliphatic heterocycles. The Labute approximate surface area is 189 Å². The molecule has 0 unspecified atom stereocenters. The van der Waals surface area contributed by atoms with Crippen molar-refractivity contribution in [2.45, 2.75) is 12.7 Å². The third-order valence-corrected chi connectivity index (χ3v) is 4.89. The highest BCUT2D eigenvalue weighted by molar-refractivity contribution is 6.07. The summed E-state index contributed by atoms with van der Waals surface area (Å²) in [6, 6.07) is 11.6. The van der Waals surface area contributed by atoms with Gasteiger partial charge >= 0.3 is 12.1 Å². The minimum Gasteiger partial charge on any atom is -0.475 e. The molecule has 0 aliphatic carbocycles. The number of halogens is 3. The SMILES string of the molecule is O=C(NCc1ccc2c(c1)OCO2)c1c[nH]c2cc(-c3cn[nH]c3)ccc12.O=C(O)C(F)(F)F. The van der Waals surface area contributed by atoms with Gasteiger partial charge in [-0.05, 0) is 29.3 Å². The Balaban J connectivity index is 0.000000344. The summed E-state index contributed by atoms with van der Waals surface area (Å²) in [5, 5.41) is 17.7. The van der Waals surface area contributed by atoms with Crippen molar-refractivity contribution in [1.82, 2.24) is 20.5 Å². The minimum absolute atomic E-state index is 0.130. The highest BCUT2D eigenvalue weighted by atomic mass is 19.4. The number of carboxylic acid groups (broad SMARTS) is 1. The fourth-order valence-corrected chi connectivity index (χ4v) is 3.23. The molecule has 0 saturated heterocycles. The van der Waals surface area contributed by atoms with E-state index in [9.17, 15) is 18.0 Å². The molecule has 5 rings (SSSR count). The molecule has 0 radical (unpaired) electrons. The molecular formula is C22H17F3N4O5. The van der Waals surface area contributed by atoms with E-state index >= 15 is 0 Å². The average molecular weight is 474 g/mol. The maximum atomic E-state index is 12.6. The molecule has 1 aliphatic rings. The number of alkyl halides is 3. The third-order valence-electron chi connectivity index (χ3n) is 4.89. The predicted molar refractivity (Wildman–Crippen MR) is 113 cm³/mol. The highest BCUT2D eigenvalue weighted by Crippen LogP contribution is 2.32. The summed E-state index contributed by atoms with van der Waals surface area (Å²) in [6.45, 7) is 0.649. The highest BCUT2D eigenvalue weighted by Gasteiger charge is 2.38. The summed E-state index contributed by atoms with van der Waals surface area (Å²) in [7, 11) is 0. The first-order chi connectivity index (χ1) is 16.2. The van der Waals surface area contributed by atoms with Crippen LogP contribution in [0.25, 0.3) is 22.0 Å². The van der Waals surface area contributed by atoms with Gasteiger partial charge in [-0.3, -0.25) is 9.89 Å². The number of aliphatic carboxylic acids is 1. The molecule has 2 aromatic carbocycles. The van der Waals surface area contributed by atoms with Gasteiger partial charge in [0.25, 0.3) is 5.91 Å². The molecule has 1 amide bonds. The van der Waals surface area contributed by atoms with Crippen molar-refractivity contribution >= 4 is 22.8 Å². The molecule has 2 aromatic heterocycles. The molecule has 3 heterocycles. The van der Waals surface area contributed by atoms with Gasteiger partial charge in [0.2, 0.25) is 6.79 Å². The molecule has 0 bridgehead atoms. The van der Waals surface area contributed by atoms with Crippen LogP contribution in [0.4, 0.5) is 13.2 Å². The number of ether oxygens (including phenoxy) is 2. The van der Waals surface area contributed by atoms with Crippen molar-refractivity contribution < 1.29 is 37.3 Å². The minimum atomic E-state index is -5.08. The standard InChI is InChI=1S/C20H16N4O3.C2HF3O2/c25-20(22-7-12-1-4-18-19(5-12)27-11-26-18)16-10-21-17-6-13(2-3-15(16)17)14-8-23-24-9-14;3-2(4,5)1(6)7/h1-6,8-10,21H,7,11H2,(H,22,25)(H,23,24);(H,6,7). The Bertz CT molecular complexity index is 1330. The van der Waals surface area contributed by atoms with Crippen molar-refractivity contribution in [3.8, 4) is 22.6 Å². The van der Waals surface area contributed by atoms with Gasteiger partial charge in [-0.25, -0.2) is 4.79 Å². The van der Waals surface area contributed by atoms with Crippen LogP contribution in [-0.4, -0.2) is 45.1 Å². The lowest BCUT2D eigenvalue weighted by Crippen LogP contribution is -2.22. The average Bonchev–Trinajstić information content (AvgIpc) is 3.57. The zero-order valence-corrected chi connectivity index (χ0v) is 17.3. The van der Waals surface area contributed by atoms with Gasteiger partial charge < -0.3 is 24.9 Å². The lowest BCUT2D eigenvalue weighted by molar-refractivity contribution is -0.192. The summed E-state index contributed by atoms with van der Waals surface area (Å²) in [4.78, 5) is 24.7. The second kappa shape index (κ2) is 9.17.